The maximum atomic E-state index is 13.1. The Balaban J connectivity index is 0.906. The minimum Gasteiger partial charge on any atom is -0.495 e. The lowest BCUT2D eigenvalue weighted by molar-refractivity contribution is -0.183. The van der Waals surface area contributed by atoms with Gasteiger partial charge in [-0.25, -0.2) is 4.98 Å². The number of halogens is 3. The molecule has 6 amide bonds. The zero-order chi connectivity index (χ0) is 43.0. The Morgan fingerprint density at radius 2 is 1.70 bits per heavy atom. The van der Waals surface area contributed by atoms with Gasteiger partial charge >= 0.3 is 6.18 Å². The highest BCUT2D eigenvalue weighted by Gasteiger charge is 2.45. The van der Waals surface area contributed by atoms with E-state index in [1.807, 2.05) is 24.3 Å². The Hall–Kier alpha value is -6.10. The SMILES string of the molecule is COc1cnc(C(=O)NCc2cccc(CC(=O)N(C)CCOCCOc3ccc4c(c3)C(=O)N(C3CCC(=O)NC3=O)C4=O)c2)cc1C=CC1CCC(C(F)(F)F)CC1. The fourth-order valence-corrected chi connectivity index (χ4v) is 7.38. The molecule has 0 spiro atoms. The molecule has 0 bridgehead atoms. The molecular formula is C43H46F3N5O9. The molecule has 2 fully saturated rings. The van der Waals surface area contributed by atoms with Crippen LogP contribution in [0.1, 0.15) is 86.4 Å². The number of nitrogens with zero attached hydrogens (tertiary/aromatic N) is 3. The molecule has 1 saturated carbocycles. The van der Waals surface area contributed by atoms with Crippen LogP contribution in [-0.4, -0.2) is 103 Å². The summed E-state index contributed by atoms with van der Waals surface area (Å²) >= 11 is 0. The number of carbonyl (C=O) groups is 6. The van der Waals surface area contributed by atoms with Crippen molar-refractivity contribution in [2.75, 3.05) is 40.5 Å². The normalized spacial score (nSPS) is 19.3. The molecule has 1 saturated heterocycles. The summed E-state index contributed by atoms with van der Waals surface area (Å²) in [5, 5.41) is 5.01. The Labute approximate surface area is 344 Å². The van der Waals surface area contributed by atoms with Gasteiger partial charge in [0.25, 0.3) is 17.7 Å². The van der Waals surface area contributed by atoms with E-state index in [4.69, 9.17) is 14.2 Å². The van der Waals surface area contributed by atoms with E-state index in [0.717, 1.165) is 16.0 Å². The number of alkyl halides is 3. The fraction of sp³-hybridized carbons (Fsp3) is 0.419. The smallest absolute Gasteiger partial charge is 0.391 e. The Kier molecular flexibility index (Phi) is 14.0. The number of allylic oxidation sites excluding steroid dienone is 1. The molecule has 3 aromatic rings. The molecule has 2 N–H and O–H groups in total. The standard InChI is InChI=1S/C43H46F3N5O9/c1-50(16-17-59-18-19-60-31-12-13-32-33(23-31)42(57)51(41(32)56)35-14-15-37(52)49-40(35)55)38(53)21-27-4-3-5-28(20-27)24-48-39(54)34-22-29(36(58-2)25-47-34)9-6-26-7-10-30(11-8-26)43(44,45)46/h3-6,9,12-13,20,22-23,25-26,30,35H,7-8,10-11,14-19,21,24H2,1-2H3,(H,48,54)(H,49,52,55). The number of pyridine rings is 1. The summed E-state index contributed by atoms with van der Waals surface area (Å²) in [5.41, 5.74) is 2.52. The van der Waals surface area contributed by atoms with E-state index in [1.54, 1.807) is 36.2 Å². The second kappa shape index (κ2) is 19.3. The van der Waals surface area contributed by atoms with Crippen LogP contribution in [0.3, 0.4) is 0 Å². The molecule has 60 heavy (non-hydrogen) atoms. The molecule has 2 aliphatic heterocycles. The van der Waals surface area contributed by atoms with Crippen molar-refractivity contribution in [1.82, 2.24) is 25.4 Å². The minimum absolute atomic E-state index is 0.00331. The topological polar surface area (TPSA) is 174 Å². The van der Waals surface area contributed by atoms with Crippen LogP contribution >= 0.6 is 0 Å². The van der Waals surface area contributed by atoms with E-state index in [9.17, 15) is 41.9 Å². The number of carbonyl (C=O) groups excluding carboxylic acids is 6. The lowest BCUT2D eigenvalue weighted by atomic mass is 9.81. The summed E-state index contributed by atoms with van der Waals surface area (Å²) in [6.07, 6.45) is 2.17. The van der Waals surface area contributed by atoms with Crippen LogP contribution in [0, 0.1) is 11.8 Å². The van der Waals surface area contributed by atoms with Crippen molar-refractivity contribution in [1.29, 1.82) is 0 Å². The van der Waals surface area contributed by atoms with E-state index in [-0.39, 0.29) is 87.1 Å². The number of benzene rings is 2. The number of aromatic nitrogens is 1. The first kappa shape index (κ1) is 43.5. The number of ether oxygens (including phenoxy) is 3. The monoisotopic (exact) mass is 833 g/mol. The molecule has 6 rings (SSSR count). The first-order valence-corrected chi connectivity index (χ1v) is 19.7. The third-order valence-electron chi connectivity index (χ3n) is 10.8. The van der Waals surface area contributed by atoms with Gasteiger partial charge in [-0.05, 0) is 73.4 Å². The van der Waals surface area contributed by atoms with Gasteiger partial charge in [0.15, 0.2) is 0 Å². The van der Waals surface area contributed by atoms with Gasteiger partial charge in [-0.15, -0.1) is 0 Å². The van der Waals surface area contributed by atoms with Gasteiger partial charge in [0, 0.05) is 32.1 Å². The average molecular weight is 834 g/mol. The van der Waals surface area contributed by atoms with Crippen LogP contribution in [0.25, 0.3) is 6.08 Å². The van der Waals surface area contributed by atoms with E-state index >= 15 is 0 Å². The quantitative estimate of drug-likeness (QED) is 0.149. The van der Waals surface area contributed by atoms with Crippen LogP contribution in [-0.2, 0) is 32.1 Å². The third-order valence-corrected chi connectivity index (χ3v) is 10.8. The van der Waals surface area contributed by atoms with E-state index in [0.29, 0.717) is 36.4 Å². The summed E-state index contributed by atoms with van der Waals surface area (Å²) in [6.45, 7) is 1.03. The maximum absolute atomic E-state index is 13.1. The van der Waals surface area contributed by atoms with Gasteiger partial charge in [0.2, 0.25) is 17.7 Å². The number of imide groups is 2. The number of nitrogens with one attached hydrogen (secondary N) is 2. The van der Waals surface area contributed by atoms with Gasteiger partial charge in [-0.2, -0.15) is 13.2 Å². The summed E-state index contributed by atoms with van der Waals surface area (Å²) in [5.74, 6) is -3.44. The average Bonchev–Trinajstić information content (AvgIpc) is 3.47. The Morgan fingerprint density at radius 1 is 0.950 bits per heavy atom. The van der Waals surface area contributed by atoms with Crippen molar-refractivity contribution in [3.05, 3.63) is 94.3 Å². The summed E-state index contributed by atoms with van der Waals surface area (Å²) in [6, 6.07) is 12.2. The number of hydrogen-bond donors (Lipinski definition) is 2. The second-order valence-electron chi connectivity index (χ2n) is 14.9. The molecule has 0 radical (unpaired) electrons. The molecule has 17 heteroatoms. The zero-order valence-electron chi connectivity index (χ0n) is 33.2. The van der Waals surface area contributed by atoms with E-state index in [1.165, 1.54) is 25.4 Å². The second-order valence-corrected chi connectivity index (χ2v) is 14.9. The van der Waals surface area contributed by atoms with Crippen LogP contribution in [0.5, 0.6) is 11.5 Å². The zero-order valence-corrected chi connectivity index (χ0v) is 33.2. The number of fused-ring (bicyclic) bond motifs is 1. The molecule has 3 heterocycles. The number of piperidine rings is 1. The van der Waals surface area contributed by atoms with Crippen LogP contribution in [0.4, 0.5) is 13.2 Å². The van der Waals surface area contributed by atoms with Crippen LogP contribution in [0.15, 0.2) is 60.8 Å². The van der Waals surface area contributed by atoms with E-state index in [2.05, 4.69) is 15.6 Å². The van der Waals surface area contributed by atoms with Gasteiger partial charge in [-0.1, -0.05) is 36.4 Å². The highest BCUT2D eigenvalue weighted by Crippen LogP contribution is 2.40. The lowest BCUT2D eigenvalue weighted by Crippen LogP contribution is -2.54. The highest BCUT2D eigenvalue weighted by atomic mass is 19.4. The van der Waals surface area contributed by atoms with Crippen molar-refractivity contribution >= 4 is 41.5 Å². The van der Waals surface area contributed by atoms with E-state index < -0.39 is 47.7 Å². The van der Waals surface area contributed by atoms with Gasteiger partial charge in [0.05, 0.1) is 50.0 Å². The van der Waals surface area contributed by atoms with Crippen molar-refractivity contribution in [2.24, 2.45) is 11.8 Å². The van der Waals surface area contributed by atoms with Crippen molar-refractivity contribution in [3.8, 4) is 11.5 Å². The number of rotatable bonds is 16. The summed E-state index contributed by atoms with van der Waals surface area (Å²) < 4.78 is 56.0. The number of amides is 6. The van der Waals surface area contributed by atoms with Crippen LogP contribution in [0.2, 0.25) is 0 Å². The molecule has 1 unspecified atom stereocenters. The minimum atomic E-state index is -4.17. The lowest BCUT2D eigenvalue weighted by Gasteiger charge is -2.28. The predicted molar refractivity (Wildman–Crippen MR) is 210 cm³/mol. The molecule has 2 aromatic carbocycles. The van der Waals surface area contributed by atoms with Gasteiger partial charge in [-0.3, -0.25) is 39.0 Å². The Bertz CT molecular complexity index is 2150. The summed E-state index contributed by atoms with van der Waals surface area (Å²) in [4.78, 5) is 82.4. The molecule has 3 aliphatic rings. The van der Waals surface area contributed by atoms with Crippen molar-refractivity contribution in [2.45, 2.75) is 63.7 Å². The highest BCUT2D eigenvalue weighted by molar-refractivity contribution is 6.23. The molecule has 1 aromatic heterocycles. The molecule has 1 atom stereocenters. The molecule has 1 aliphatic carbocycles. The van der Waals surface area contributed by atoms with Crippen LogP contribution < -0.4 is 20.1 Å². The third kappa shape index (κ3) is 10.7. The Morgan fingerprint density at radius 3 is 2.43 bits per heavy atom. The molecule has 318 valence electrons. The first-order chi connectivity index (χ1) is 28.7. The van der Waals surface area contributed by atoms with Gasteiger partial charge in [0.1, 0.15) is 29.8 Å². The fourth-order valence-electron chi connectivity index (χ4n) is 7.38. The first-order valence-electron chi connectivity index (χ1n) is 19.7. The molecule has 14 nitrogen and oxygen atoms in total. The number of methoxy groups -OCH3 is 1. The predicted octanol–water partition coefficient (Wildman–Crippen LogP) is 4.90. The number of hydrogen-bond acceptors (Lipinski definition) is 10. The van der Waals surface area contributed by atoms with Crippen molar-refractivity contribution in [3.63, 3.8) is 0 Å². The van der Waals surface area contributed by atoms with Gasteiger partial charge < -0.3 is 24.4 Å². The number of likely N-dealkylation sites (N-methyl/N-ethyl adjacent to an activating group) is 1. The van der Waals surface area contributed by atoms with Crippen molar-refractivity contribution < 1.29 is 56.1 Å². The molecular weight excluding hydrogens is 787 g/mol. The maximum Gasteiger partial charge on any atom is 0.391 e. The largest absolute Gasteiger partial charge is 0.495 e. The summed E-state index contributed by atoms with van der Waals surface area (Å²) in [7, 11) is 3.14.